The lowest BCUT2D eigenvalue weighted by Gasteiger charge is -2.37. The van der Waals surface area contributed by atoms with Gasteiger partial charge in [0.25, 0.3) is 5.91 Å². The average molecular weight is 851 g/mol. The molecule has 1 N–H and O–H groups in total. The fraction of sp³-hybridized carbons (Fsp3) is 0.429. The van der Waals surface area contributed by atoms with Crippen molar-refractivity contribution >= 4 is 75.9 Å². The standard InChI is InChI=1S/C35H40I2N2O5Si/c1-22-33(45(3,4)28-13-11-27(43-2)12-14-28)31(19-32(41)38-16-6-9-26(38)21-40)44-35(22)29-18-25(37)10-15-30(29)39(34(35)42)20-23-7-5-8-24(36)17-23/h5,7-8,10-15,17-18,22,26,31,33,40H,6,9,16,19-21H2,1-4H3/t22-,26+,31+,33-,35+/m1/s1. The van der Waals surface area contributed by atoms with Crippen LogP contribution in [0.2, 0.25) is 18.6 Å². The van der Waals surface area contributed by atoms with E-state index in [9.17, 15) is 14.7 Å². The van der Waals surface area contributed by atoms with E-state index in [4.69, 9.17) is 9.47 Å². The monoisotopic (exact) mass is 850 g/mol. The molecule has 3 aliphatic rings. The molecule has 1 spiro atoms. The summed E-state index contributed by atoms with van der Waals surface area (Å²) in [7, 11) is -0.709. The van der Waals surface area contributed by atoms with Gasteiger partial charge in [0.05, 0.1) is 52.6 Å². The van der Waals surface area contributed by atoms with Crippen LogP contribution in [0.4, 0.5) is 5.69 Å². The largest absolute Gasteiger partial charge is 0.497 e. The Morgan fingerprint density at radius 3 is 2.51 bits per heavy atom. The summed E-state index contributed by atoms with van der Waals surface area (Å²) >= 11 is 4.62. The molecule has 7 nitrogen and oxygen atoms in total. The second-order valence-electron chi connectivity index (χ2n) is 13.1. The number of benzene rings is 3. The number of halogens is 2. The minimum atomic E-state index is -2.38. The second kappa shape index (κ2) is 12.9. The summed E-state index contributed by atoms with van der Waals surface area (Å²) in [6.45, 7) is 7.88. The Hall–Kier alpha value is -2.00. The molecule has 6 rings (SSSR count). The number of amides is 2. The van der Waals surface area contributed by atoms with Crippen molar-refractivity contribution in [3.63, 3.8) is 0 Å². The van der Waals surface area contributed by atoms with E-state index in [1.54, 1.807) is 7.11 Å². The van der Waals surface area contributed by atoms with Crippen LogP contribution in [0.25, 0.3) is 0 Å². The summed E-state index contributed by atoms with van der Waals surface area (Å²) in [6, 6.07) is 22.6. The van der Waals surface area contributed by atoms with Gasteiger partial charge in [0.2, 0.25) is 5.91 Å². The minimum Gasteiger partial charge on any atom is -0.497 e. The molecule has 2 fully saturated rings. The van der Waals surface area contributed by atoms with Crippen molar-refractivity contribution in [3.05, 3.63) is 85.0 Å². The van der Waals surface area contributed by atoms with Crippen molar-refractivity contribution in [2.75, 3.05) is 25.2 Å². The van der Waals surface area contributed by atoms with Gasteiger partial charge in [-0.2, -0.15) is 0 Å². The number of likely N-dealkylation sites (tertiary alicyclic amines) is 1. The third-order valence-corrected chi connectivity index (χ3v) is 16.0. The van der Waals surface area contributed by atoms with E-state index in [1.165, 1.54) is 5.19 Å². The molecular formula is C35H40I2N2O5Si. The zero-order chi connectivity index (χ0) is 32.1. The maximum atomic E-state index is 14.9. The molecule has 3 aromatic rings. The zero-order valence-corrected chi connectivity index (χ0v) is 31.4. The third kappa shape index (κ3) is 5.76. The van der Waals surface area contributed by atoms with E-state index in [2.05, 4.69) is 102 Å². The Bertz CT molecular complexity index is 1600. The molecule has 2 amide bonds. The van der Waals surface area contributed by atoms with Gasteiger partial charge < -0.3 is 24.4 Å². The SMILES string of the molecule is COc1ccc([Si](C)(C)[C@H]2[C@H](CC(=O)N3CCC[C@H]3CO)O[C@@]3(C(=O)N(Cc4cccc(I)c4)c4ccc(I)cc43)[C@@H]2C)cc1. The molecule has 45 heavy (non-hydrogen) atoms. The van der Waals surface area contributed by atoms with Crippen molar-refractivity contribution in [3.8, 4) is 5.75 Å². The lowest BCUT2D eigenvalue weighted by atomic mass is 9.82. The molecule has 0 aromatic heterocycles. The number of hydrogen-bond donors (Lipinski definition) is 1. The number of nitrogens with zero attached hydrogens (tertiary/aromatic N) is 2. The molecule has 3 heterocycles. The van der Waals surface area contributed by atoms with E-state index in [-0.39, 0.29) is 42.3 Å². The first-order valence-electron chi connectivity index (χ1n) is 15.6. The van der Waals surface area contributed by atoms with E-state index in [1.807, 2.05) is 40.1 Å². The topological polar surface area (TPSA) is 79.3 Å². The predicted molar refractivity (Wildman–Crippen MR) is 196 cm³/mol. The van der Waals surface area contributed by atoms with Gasteiger partial charge in [-0.1, -0.05) is 49.5 Å². The number of methoxy groups -OCH3 is 1. The number of carbonyl (C=O) groups excluding carboxylic acids is 2. The summed E-state index contributed by atoms with van der Waals surface area (Å²) in [5.41, 5.74) is 1.60. The van der Waals surface area contributed by atoms with Crippen molar-refractivity contribution < 1.29 is 24.2 Å². The lowest BCUT2D eigenvalue weighted by molar-refractivity contribution is -0.150. The third-order valence-electron chi connectivity index (χ3n) is 10.3. The van der Waals surface area contributed by atoms with E-state index in [0.717, 1.165) is 42.5 Å². The Morgan fingerprint density at radius 2 is 1.82 bits per heavy atom. The molecule has 0 aliphatic carbocycles. The van der Waals surface area contributed by atoms with Gasteiger partial charge in [-0.05, 0) is 112 Å². The maximum absolute atomic E-state index is 14.9. The first-order chi connectivity index (χ1) is 21.5. The number of aliphatic hydroxyl groups is 1. The van der Waals surface area contributed by atoms with Gasteiger partial charge in [-0.25, -0.2) is 0 Å². The molecule has 0 bridgehead atoms. The van der Waals surface area contributed by atoms with Crippen LogP contribution < -0.4 is 14.8 Å². The van der Waals surface area contributed by atoms with Crippen molar-refractivity contribution in [1.82, 2.24) is 4.90 Å². The van der Waals surface area contributed by atoms with Crippen molar-refractivity contribution in [1.29, 1.82) is 0 Å². The Kier molecular flexibility index (Phi) is 9.43. The van der Waals surface area contributed by atoms with Crippen LogP contribution in [0, 0.1) is 13.1 Å². The van der Waals surface area contributed by atoms with Crippen LogP contribution >= 0.6 is 45.2 Å². The number of fused-ring (bicyclic) bond motifs is 2. The fourth-order valence-electron chi connectivity index (χ4n) is 8.10. The minimum absolute atomic E-state index is 0.00522. The number of ether oxygens (including phenoxy) is 2. The summed E-state index contributed by atoms with van der Waals surface area (Å²) in [5.74, 6) is 0.554. The van der Waals surface area contributed by atoms with Crippen LogP contribution in [0.3, 0.4) is 0 Å². The van der Waals surface area contributed by atoms with Crippen molar-refractivity contribution in [2.24, 2.45) is 5.92 Å². The summed E-state index contributed by atoms with van der Waals surface area (Å²) in [6.07, 6.45) is 1.42. The highest BCUT2D eigenvalue weighted by Crippen LogP contribution is 2.60. The van der Waals surface area contributed by atoms with E-state index >= 15 is 0 Å². The summed E-state index contributed by atoms with van der Waals surface area (Å²) in [4.78, 5) is 32.6. The molecule has 10 heteroatoms. The summed E-state index contributed by atoms with van der Waals surface area (Å²) < 4.78 is 14.8. The first-order valence-corrected chi connectivity index (χ1v) is 20.8. The van der Waals surface area contributed by atoms with E-state index < -0.39 is 19.8 Å². The zero-order valence-electron chi connectivity index (χ0n) is 26.1. The Morgan fingerprint density at radius 1 is 1.09 bits per heavy atom. The normalized spacial score (nSPS) is 26.2. The number of anilines is 1. The first kappa shape index (κ1) is 32.9. The van der Waals surface area contributed by atoms with Crippen LogP contribution in [0.5, 0.6) is 5.75 Å². The van der Waals surface area contributed by atoms with Gasteiger partial charge >= 0.3 is 0 Å². The molecule has 5 atom stereocenters. The number of hydrogen-bond acceptors (Lipinski definition) is 5. The number of rotatable bonds is 8. The smallest absolute Gasteiger partial charge is 0.264 e. The lowest BCUT2D eigenvalue weighted by Crippen LogP contribution is -2.52. The molecule has 2 saturated heterocycles. The number of aliphatic hydroxyl groups excluding tert-OH is 1. The van der Waals surface area contributed by atoms with Gasteiger partial charge in [-0.15, -0.1) is 0 Å². The van der Waals surface area contributed by atoms with Crippen LogP contribution in [-0.4, -0.2) is 62.3 Å². The van der Waals surface area contributed by atoms with Gasteiger partial charge in [0, 0.05) is 25.2 Å². The fourth-order valence-corrected chi connectivity index (χ4v) is 13.2. The van der Waals surface area contributed by atoms with E-state index in [0.29, 0.717) is 13.1 Å². The molecular weight excluding hydrogens is 810 g/mol. The van der Waals surface area contributed by atoms with Crippen molar-refractivity contribution in [2.45, 2.75) is 69.1 Å². The molecule has 3 aliphatic heterocycles. The molecule has 0 saturated carbocycles. The molecule has 0 radical (unpaired) electrons. The predicted octanol–water partition coefficient (Wildman–Crippen LogP) is 6.04. The molecule has 0 unspecified atom stereocenters. The number of carbonyl (C=O) groups is 2. The summed E-state index contributed by atoms with van der Waals surface area (Å²) in [5, 5.41) is 11.2. The Labute approximate surface area is 294 Å². The van der Waals surface area contributed by atoms with Gasteiger partial charge in [-0.3, -0.25) is 9.59 Å². The maximum Gasteiger partial charge on any atom is 0.264 e. The highest BCUT2D eigenvalue weighted by atomic mass is 127. The average Bonchev–Trinajstić information content (AvgIpc) is 3.68. The quantitative estimate of drug-likeness (QED) is 0.221. The van der Waals surface area contributed by atoms with Crippen LogP contribution in [-0.2, 0) is 26.5 Å². The molecule has 3 aromatic carbocycles. The highest BCUT2D eigenvalue weighted by molar-refractivity contribution is 14.1. The van der Waals surface area contributed by atoms with Crippen LogP contribution in [0.15, 0.2) is 66.7 Å². The highest BCUT2D eigenvalue weighted by Gasteiger charge is 2.66. The Balaban J connectivity index is 1.44. The van der Waals surface area contributed by atoms with Gasteiger partial charge in [0.1, 0.15) is 5.75 Å². The molecule has 238 valence electrons. The van der Waals surface area contributed by atoms with Crippen LogP contribution in [0.1, 0.15) is 37.3 Å². The second-order valence-corrected chi connectivity index (χ2v) is 20.3. The van der Waals surface area contributed by atoms with Gasteiger partial charge in [0.15, 0.2) is 5.60 Å².